The normalized spacial score (nSPS) is 21.0. The van der Waals surface area contributed by atoms with Crippen LogP contribution in [0.15, 0.2) is 4.99 Å². The first kappa shape index (κ1) is 21.9. The maximum absolute atomic E-state index is 4.93. The van der Waals surface area contributed by atoms with Gasteiger partial charge in [0.2, 0.25) is 0 Å². The molecule has 0 aromatic carbocycles. The summed E-state index contributed by atoms with van der Waals surface area (Å²) in [7, 11) is 4.35. The number of aliphatic imine (C=N–C) groups is 1. The van der Waals surface area contributed by atoms with Crippen LogP contribution in [-0.2, 0) is 19.4 Å². The second-order valence-corrected chi connectivity index (χ2v) is 8.67. The van der Waals surface area contributed by atoms with Gasteiger partial charge in [-0.1, -0.05) is 0 Å². The van der Waals surface area contributed by atoms with E-state index >= 15 is 0 Å². The fraction of sp³-hybridized carbons (Fsp3) is 0.789. The number of nitrogens with zero attached hydrogens (tertiary/aromatic N) is 4. The largest absolute Gasteiger partial charge is 0.357 e. The monoisotopic (exact) mass is 491 g/mol. The molecule has 0 bridgehead atoms. The first-order chi connectivity index (χ1) is 12.2. The third kappa shape index (κ3) is 6.05. The van der Waals surface area contributed by atoms with E-state index in [1.807, 2.05) is 11.3 Å². The molecule has 0 radical (unpaired) electrons. The quantitative estimate of drug-likeness (QED) is 0.390. The minimum Gasteiger partial charge on any atom is -0.357 e. The third-order valence-corrected chi connectivity index (χ3v) is 6.32. The summed E-state index contributed by atoms with van der Waals surface area (Å²) < 4.78 is 0. The molecule has 7 heteroatoms. The molecular weight excluding hydrogens is 457 g/mol. The van der Waals surface area contributed by atoms with Crippen LogP contribution in [0.4, 0.5) is 0 Å². The summed E-state index contributed by atoms with van der Waals surface area (Å²) in [4.78, 5) is 16.0. The van der Waals surface area contributed by atoms with Crippen molar-refractivity contribution in [1.29, 1.82) is 0 Å². The average molecular weight is 491 g/mol. The topological polar surface area (TPSA) is 43.8 Å². The van der Waals surface area contributed by atoms with Crippen molar-refractivity contribution in [2.75, 3.05) is 40.3 Å². The summed E-state index contributed by atoms with van der Waals surface area (Å²) in [6, 6.07) is 0. The van der Waals surface area contributed by atoms with E-state index in [0.29, 0.717) is 5.92 Å². The predicted octanol–water partition coefficient (Wildman–Crippen LogP) is 3.38. The standard InChI is InChI=1S/C19H33N5S.HI/c1-4-20-19(21-12-15-8-7-11-23(2)13-15)24(3)14-18-22-16-9-5-6-10-17(16)25-18;/h15H,4-14H2,1-3H3,(H,20,21);1H. The molecule has 1 aromatic rings. The van der Waals surface area contributed by atoms with E-state index < -0.39 is 0 Å². The number of nitrogens with one attached hydrogen (secondary N) is 1. The molecule has 0 saturated carbocycles. The van der Waals surface area contributed by atoms with Crippen molar-refractivity contribution < 1.29 is 0 Å². The number of hydrogen-bond acceptors (Lipinski definition) is 4. The van der Waals surface area contributed by atoms with Gasteiger partial charge in [0.25, 0.3) is 0 Å². The lowest BCUT2D eigenvalue weighted by molar-refractivity contribution is 0.214. The lowest BCUT2D eigenvalue weighted by Crippen LogP contribution is -2.39. The van der Waals surface area contributed by atoms with Gasteiger partial charge in [0.1, 0.15) is 5.01 Å². The first-order valence-corrected chi connectivity index (χ1v) is 10.6. The van der Waals surface area contributed by atoms with E-state index in [9.17, 15) is 0 Å². The maximum atomic E-state index is 4.93. The van der Waals surface area contributed by atoms with Crippen LogP contribution < -0.4 is 5.32 Å². The van der Waals surface area contributed by atoms with Crippen molar-refractivity contribution in [1.82, 2.24) is 20.1 Å². The molecule has 0 amide bonds. The Morgan fingerprint density at radius 3 is 2.88 bits per heavy atom. The first-order valence-electron chi connectivity index (χ1n) is 9.81. The fourth-order valence-electron chi connectivity index (χ4n) is 3.86. The van der Waals surface area contributed by atoms with Crippen molar-refractivity contribution in [2.24, 2.45) is 10.9 Å². The van der Waals surface area contributed by atoms with E-state index in [2.05, 4.69) is 36.1 Å². The van der Waals surface area contributed by atoms with Gasteiger partial charge in [-0.2, -0.15) is 0 Å². The molecule has 2 heterocycles. The highest BCUT2D eigenvalue weighted by molar-refractivity contribution is 14.0. The van der Waals surface area contributed by atoms with Crippen molar-refractivity contribution in [3.8, 4) is 0 Å². The lowest BCUT2D eigenvalue weighted by atomic mass is 9.99. The molecule has 1 N–H and O–H groups in total. The Morgan fingerprint density at radius 1 is 1.35 bits per heavy atom. The van der Waals surface area contributed by atoms with E-state index in [1.165, 1.54) is 67.2 Å². The Labute approximate surface area is 179 Å². The Bertz CT molecular complexity index is 565. The highest BCUT2D eigenvalue weighted by Gasteiger charge is 2.19. The van der Waals surface area contributed by atoms with E-state index in [1.54, 1.807) is 0 Å². The number of halogens is 1. The van der Waals surface area contributed by atoms with Gasteiger partial charge in [-0.15, -0.1) is 35.3 Å². The Balaban J connectivity index is 0.00000243. The van der Waals surface area contributed by atoms with Crippen LogP contribution in [0, 0.1) is 5.92 Å². The highest BCUT2D eigenvalue weighted by atomic mass is 127. The van der Waals surface area contributed by atoms with Crippen LogP contribution in [0.25, 0.3) is 0 Å². The van der Waals surface area contributed by atoms with Crippen LogP contribution >= 0.6 is 35.3 Å². The molecule has 0 spiro atoms. The highest BCUT2D eigenvalue weighted by Crippen LogP contribution is 2.27. The van der Waals surface area contributed by atoms with Gasteiger partial charge in [0, 0.05) is 31.6 Å². The van der Waals surface area contributed by atoms with E-state index in [-0.39, 0.29) is 24.0 Å². The molecular formula is C19H34IN5S. The molecule has 1 atom stereocenters. The summed E-state index contributed by atoms with van der Waals surface area (Å²) >= 11 is 1.90. The van der Waals surface area contributed by atoms with Gasteiger partial charge in [-0.25, -0.2) is 4.98 Å². The second-order valence-electron chi connectivity index (χ2n) is 7.51. The summed E-state index contributed by atoms with van der Waals surface area (Å²) in [5.41, 5.74) is 1.35. The number of thiazole rings is 1. The zero-order valence-corrected chi connectivity index (χ0v) is 19.6. The Hall–Kier alpha value is -0.410. The van der Waals surface area contributed by atoms with Gasteiger partial charge < -0.3 is 15.1 Å². The number of fused-ring (bicyclic) bond motifs is 1. The average Bonchev–Trinajstić information content (AvgIpc) is 3.00. The zero-order valence-electron chi connectivity index (χ0n) is 16.5. The van der Waals surface area contributed by atoms with Gasteiger partial charge in [0.15, 0.2) is 5.96 Å². The molecule has 1 aromatic heterocycles. The summed E-state index contributed by atoms with van der Waals surface area (Å²) in [6.07, 6.45) is 7.61. The molecule has 1 aliphatic carbocycles. The maximum Gasteiger partial charge on any atom is 0.194 e. The number of guanidine groups is 1. The lowest BCUT2D eigenvalue weighted by Gasteiger charge is -2.29. The molecule has 2 aliphatic rings. The Morgan fingerprint density at radius 2 is 2.15 bits per heavy atom. The number of hydrogen-bond donors (Lipinski definition) is 1. The molecule has 1 aliphatic heterocycles. The molecule has 1 saturated heterocycles. The molecule has 1 fully saturated rings. The van der Waals surface area contributed by atoms with E-state index in [0.717, 1.165) is 25.6 Å². The number of aryl methyl sites for hydroxylation is 2. The summed E-state index contributed by atoms with van der Waals surface area (Å²) in [5.74, 6) is 1.71. The van der Waals surface area contributed by atoms with Crippen LogP contribution in [-0.4, -0.2) is 61.0 Å². The molecule has 1 unspecified atom stereocenters. The summed E-state index contributed by atoms with van der Waals surface area (Å²) in [6.45, 7) is 7.22. The molecule has 148 valence electrons. The van der Waals surface area contributed by atoms with Crippen LogP contribution in [0.1, 0.15) is 48.2 Å². The smallest absolute Gasteiger partial charge is 0.194 e. The van der Waals surface area contributed by atoms with Crippen LogP contribution in [0.3, 0.4) is 0 Å². The van der Waals surface area contributed by atoms with Crippen LogP contribution in [0.5, 0.6) is 0 Å². The Kier molecular flexibility index (Phi) is 9.09. The number of piperidine rings is 1. The number of rotatable bonds is 5. The number of aromatic nitrogens is 1. The summed E-state index contributed by atoms with van der Waals surface area (Å²) in [5, 5.41) is 4.69. The van der Waals surface area contributed by atoms with Gasteiger partial charge in [-0.05, 0) is 65.0 Å². The van der Waals surface area contributed by atoms with Gasteiger partial charge in [0.05, 0.1) is 12.2 Å². The molecule has 26 heavy (non-hydrogen) atoms. The SMILES string of the molecule is CCNC(=NCC1CCCN(C)C1)N(C)Cc1nc2c(s1)CCCC2.I. The molecule has 3 rings (SSSR count). The van der Waals surface area contributed by atoms with Crippen molar-refractivity contribution in [3.63, 3.8) is 0 Å². The second kappa shape index (κ2) is 10.8. The predicted molar refractivity (Wildman–Crippen MR) is 122 cm³/mol. The molecule has 5 nitrogen and oxygen atoms in total. The van der Waals surface area contributed by atoms with Gasteiger partial charge in [-0.3, -0.25) is 4.99 Å². The number of likely N-dealkylation sites (tertiary alicyclic amines) is 1. The van der Waals surface area contributed by atoms with E-state index in [4.69, 9.17) is 9.98 Å². The minimum atomic E-state index is 0. The van der Waals surface area contributed by atoms with Gasteiger partial charge >= 0.3 is 0 Å². The van der Waals surface area contributed by atoms with Crippen molar-refractivity contribution >= 4 is 41.3 Å². The fourth-order valence-corrected chi connectivity index (χ4v) is 5.07. The van der Waals surface area contributed by atoms with Crippen LogP contribution in [0.2, 0.25) is 0 Å². The van der Waals surface area contributed by atoms with Crippen molar-refractivity contribution in [2.45, 2.75) is 52.0 Å². The minimum absolute atomic E-state index is 0. The zero-order chi connectivity index (χ0) is 17.6. The van der Waals surface area contributed by atoms with Crippen molar-refractivity contribution in [3.05, 3.63) is 15.6 Å². The third-order valence-electron chi connectivity index (χ3n) is 5.18.